The Kier molecular flexibility index (Phi) is 4.17. The van der Waals surface area contributed by atoms with Crippen LogP contribution in [0.1, 0.15) is 19.3 Å². The third-order valence-electron chi connectivity index (χ3n) is 3.81. The maximum absolute atomic E-state index is 12.7. The third-order valence-corrected chi connectivity index (χ3v) is 5.57. The van der Waals surface area contributed by atoms with Gasteiger partial charge in [0.05, 0.1) is 15.7 Å². The highest BCUT2D eigenvalue weighted by molar-refractivity contribution is 9.10. The molecular formula is C14H13BrCl2N2O2. The topological polar surface area (TPSA) is 49.4 Å². The van der Waals surface area contributed by atoms with Crippen LogP contribution in [0, 0.1) is 5.92 Å². The molecule has 0 radical (unpaired) electrons. The van der Waals surface area contributed by atoms with Crippen molar-refractivity contribution in [2.24, 2.45) is 5.92 Å². The predicted octanol–water partition coefficient (Wildman–Crippen LogP) is 3.39. The molecule has 1 aromatic rings. The Balaban J connectivity index is 1.98. The van der Waals surface area contributed by atoms with Crippen LogP contribution in [-0.4, -0.2) is 24.4 Å². The van der Waals surface area contributed by atoms with Gasteiger partial charge in [0, 0.05) is 17.4 Å². The van der Waals surface area contributed by atoms with Gasteiger partial charge in [-0.2, -0.15) is 0 Å². The smallest absolute Gasteiger partial charge is 0.249 e. The Morgan fingerprint density at radius 3 is 2.57 bits per heavy atom. The van der Waals surface area contributed by atoms with E-state index in [1.54, 1.807) is 17.0 Å². The number of rotatable bonds is 2. The number of carbonyl (C=O) groups excluding carboxylic acids is 2. The fourth-order valence-electron chi connectivity index (χ4n) is 2.51. The Morgan fingerprint density at radius 1 is 1.19 bits per heavy atom. The van der Waals surface area contributed by atoms with E-state index in [4.69, 9.17) is 23.2 Å². The van der Waals surface area contributed by atoms with Crippen molar-refractivity contribution in [2.75, 3.05) is 11.4 Å². The van der Waals surface area contributed by atoms with Crippen LogP contribution in [0.25, 0.3) is 0 Å². The summed E-state index contributed by atoms with van der Waals surface area (Å²) in [5.74, 6) is 0.0393. The molecule has 1 aromatic carbocycles. The van der Waals surface area contributed by atoms with Gasteiger partial charge in [-0.3, -0.25) is 9.59 Å². The van der Waals surface area contributed by atoms with Crippen molar-refractivity contribution in [3.05, 3.63) is 26.7 Å². The van der Waals surface area contributed by atoms with Crippen LogP contribution in [0.3, 0.4) is 0 Å². The maximum Gasteiger partial charge on any atom is 0.249 e. The fraction of sp³-hybridized carbons (Fsp3) is 0.429. The summed E-state index contributed by atoms with van der Waals surface area (Å²) in [7, 11) is 0. The molecule has 1 saturated heterocycles. The quantitative estimate of drug-likeness (QED) is 0.785. The van der Waals surface area contributed by atoms with Crippen molar-refractivity contribution >= 4 is 56.6 Å². The molecule has 2 amide bonds. The zero-order chi connectivity index (χ0) is 15.1. The summed E-state index contributed by atoms with van der Waals surface area (Å²) in [6, 6.07) is 3.05. The van der Waals surface area contributed by atoms with Crippen LogP contribution < -0.4 is 10.2 Å². The van der Waals surface area contributed by atoms with Crippen molar-refractivity contribution in [1.29, 1.82) is 0 Å². The normalized spacial score (nSPS) is 23.0. The molecule has 2 aliphatic rings. The molecule has 1 unspecified atom stereocenters. The highest BCUT2D eigenvalue weighted by Crippen LogP contribution is 2.40. The highest BCUT2D eigenvalue weighted by atomic mass is 79.9. The molecule has 1 saturated carbocycles. The first-order valence-corrected chi connectivity index (χ1v) is 8.28. The fourth-order valence-corrected chi connectivity index (χ4v) is 3.38. The summed E-state index contributed by atoms with van der Waals surface area (Å²) in [4.78, 5) is 26.1. The molecule has 4 nitrogen and oxygen atoms in total. The third kappa shape index (κ3) is 2.91. The molecule has 112 valence electrons. The van der Waals surface area contributed by atoms with Crippen LogP contribution in [0.15, 0.2) is 16.6 Å². The van der Waals surface area contributed by atoms with Crippen molar-refractivity contribution in [3.8, 4) is 0 Å². The second-order valence-electron chi connectivity index (χ2n) is 5.32. The standard InChI is InChI=1S/C14H13BrCl2N2O2/c15-8-3-4-9(12(17)11(8)16)19-6-5-10(20)18-13(14(19)21)7-1-2-7/h3-4,7,13H,1-2,5-6H2,(H,18,20). The molecule has 2 fully saturated rings. The number of hydrogen-bond donors (Lipinski definition) is 1. The first-order valence-electron chi connectivity index (χ1n) is 6.73. The van der Waals surface area contributed by atoms with E-state index in [2.05, 4.69) is 21.2 Å². The minimum absolute atomic E-state index is 0.0953. The van der Waals surface area contributed by atoms with Crippen molar-refractivity contribution in [3.63, 3.8) is 0 Å². The predicted molar refractivity (Wildman–Crippen MR) is 85.8 cm³/mol. The molecule has 1 aliphatic carbocycles. The van der Waals surface area contributed by atoms with Gasteiger partial charge in [-0.05, 0) is 46.8 Å². The number of nitrogens with one attached hydrogen (secondary N) is 1. The molecule has 1 N–H and O–H groups in total. The second-order valence-corrected chi connectivity index (χ2v) is 6.93. The van der Waals surface area contributed by atoms with E-state index in [0.29, 0.717) is 26.8 Å². The number of benzene rings is 1. The molecule has 0 spiro atoms. The summed E-state index contributed by atoms with van der Waals surface area (Å²) in [5, 5.41) is 3.51. The second kappa shape index (κ2) is 5.78. The summed E-state index contributed by atoms with van der Waals surface area (Å²) >= 11 is 15.7. The molecule has 1 heterocycles. The van der Waals surface area contributed by atoms with Crippen molar-refractivity contribution in [1.82, 2.24) is 5.32 Å². The van der Waals surface area contributed by atoms with E-state index >= 15 is 0 Å². The lowest BCUT2D eigenvalue weighted by Crippen LogP contribution is -2.46. The van der Waals surface area contributed by atoms with E-state index in [0.717, 1.165) is 12.8 Å². The van der Waals surface area contributed by atoms with Gasteiger partial charge in [-0.1, -0.05) is 23.2 Å². The Morgan fingerprint density at radius 2 is 1.90 bits per heavy atom. The number of anilines is 1. The molecule has 21 heavy (non-hydrogen) atoms. The zero-order valence-corrected chi connectivity index (χ0v) is 14.1. The zero-order valence-electron chi connectivity index (χ0n) is 11.0. The maximum atomic E-state index is 12.7. The number of nitrogens with zero attached hydrogens (tertiary/aromatic N) is 1. The lowest BCUT2D eigenvalue weighted by atomic mass is 10.1. The molecule has 1 atom stereocenters. The lowest BCUT2D eigenvalue weighted by Gasteiger charge is -2.25. The minimum Gasteiger partial charge on any atom is -0.344 e. The van der Waals surface area contributed by atoms with Gasteiger partial charge in [0.15, 0.2) is 0 Å². The average Bonchev–Trinajstić information content (AvgIpc) is 3.28. The van der Waals surface area contributed by atoms with Gasteiger partial charge in [0.1, 0.15) is 6.04 Å². The van der Waals surface area contributed by atoms with Crippen LogP contribution in [0.5, 0.6) is 0 Å². The summed E-state index contributed by atoms with van der Waals surface area (Å²) in [6.45, 7) is 0.311. The monoisotopic (exact) mass is 390 g/mol. The van der Waals surface area contributed by atoms with Crippen LogP contribution in [0.4, 0.5) is 5.69 Å². The molecule has 0 bridgehead atoms. The van der Waals surface area contributed by atoms with E-state index in [-0.39, 0.29) is 24.2 Å². The summed E-state index contributed by atoms with van der Waals surface area (Å²) in [5.41, 5.74) is 0.553. The molecule has 1 aliphatic heterocycles. The largest absolute Gasteiger partial charge is 0.344 e. The molecule has 7 heteroatoms. The lowest BCUT2D eigenvalue weighted by molar-refractivity contribution is -0.126. The molecular weight excluding hydrogens is 379 g/mol. The first kappa shape index (κ1) is 15.1. The minimum atomic E-state index is -0.446. The number of halogens is 3. The average molecular weight is 392 g/mol. The Bertz CT molecular complexity index is 619. The number of carbonyl (C=O) groups is 2. The van der Waals surface area contributed by atoms with Crippen LogP contribution in [-0.2, 0) is 9.59 Å². The van der Waals surface area contributed by atoms with E-state index in [1.165, 1.54) is 0 Å². The SMILES string of the molecule is O=C1CCN(c2ccc(Br)c(Cl)c2Cl)C(=O)C(C2CC2)N1. The van der Waals surface area contributed by atoms with Gasteiger partial charge in [0.25, 0.3) is 0 Å². The summed E-state index contributed by atoms with van der Waals surface area (Å²) < 4.78 is 0.674. The number of hydrogen-bond acceptors (Lipinski definition) is 2. The Labute approximate surface area is 140 Å². The van der Waals surface area contributed by atoms with Crippen LogP contribution >= 0.6 is 39.1 Å². The van der Waals surface area contributed by atoms with Gasteiger partial charge in [0.2, 0.25) is 11.8 Å². The Hall–Kier alpha value is -0.780. The van der Waals surface area contributed by atoms with Crippen molar-refractivity contribution < 1.29 is 9.59 Å². The molecule has 0 aromatic heterocycles. The number of amides is 2. The van der Waals surface area contributed by atoms with Gasteiger partial charge in [-0.15, -0.1) is 0 Å². The van der Waals surface area contributed by atoms with Gasteiger partial charge >= 0.3 is 0 Å². The van der Waals surface area contributed by atoms with E-state index in [9.17, 15) is 9.59 Å². The first-order chi connectivity index (χ1) is 9.99. The highest BCUT2D eigenvalue weighted by Gasteiger charge is 2.41. The van der Waals surface area contributed by atoms with Gasteiger partial charge < -0.3 is 10.2 Å². The summed E-state index contributed by atoms with van der Waals surface area (Å²) in [6.07, 6.45) is 2.21. The van der Waals surface area contributed by atoms with E-state index < -0.39 is 6.04 Å². The van der Waals surface area contributed by atoms with Gasteiger partial charge in [-0.25, -0.2) is 0 Å². The van der Waals surface area contributed by atoms with Crippen molar-refractivity contribution in [2.45, 2.75) is 25.3 Å². The van der Waals surface area contributed by atoms with Crippen LogP contribution in [0.2, 0.25) is 10.0 Å². The van der Waals surface area contributed by atoms with E-state index in [1.807, 2.05) is 0 Å². The molecule has 3 rings (SSSR count).